The van der Waals surface area contributed by atoms with E-state index < -0.39 is 0 Å². The summed E-state index contributed by atoms with van der Waals surface area (Å²) in [6.07, 6.45) is 1.93. The van der Waals surface area contributed by atoms with Gasteiger partial charge in [-0.15, -0.1) is 0 Å². The topological polar surface area (TPSA) is 48.3 Å². The lowest BCUT2D eigenvalue weighted by atomic mass is 10.2. The number of benzene rings is 1. The van der Waals surface area contributed by atoms with Gasteiger partial charge in [-0.2, -0.15) is 5.10 Å². The van der Waals surface area contributed by atoms with Crippen molar-refractivity contribution in [3.8, 4) is 11.5 Å². The smallest absolute Gasteiger partial charge is 0.152 e. The molecule has 0 bridgehead atoms. The summed E-state index contributed by atoms with van der Waals surface area (Å²) in [6.45, 7) is 2.90. The highest BCUT2D eigenvalue weighted by Gasteiger charge is 2.03. The molecule has 18 heavy (non-hydrogen) atoms. The van der Waals surface area contributed by atoms with E-state index >= 15 is 0 Å². The summed E-state index contributed by atoms with van der Waals surface area (Å²) in [6, 6.07) is 7.55. The average Bonchev–Trinajstić information content (AvgIpc) is 2.85. The first-order valence-corrected chi connectivity index (χ1v) is 5.78. The molecular weight excluding hydrogens is 230 g/mol. The van der Waals surface area contributed by atoms with Gasteiger partial charge in [-0.25, -0.2) is 0 Å². The first-order valence-electron chi connectivity index (χ1n) is 5.78. The highest BCUT2D eigenvalue weighted by atomic mass is 16.5. The fourth-order valence-corrected chi connectivity index (χ4v) is 1.63. The van der Waals surface area contributed by atoms with E-state index in [4.69, 9.17) is 9.47 Å². The molecule has 0 aliphatic rings. The summed E-state index contributed by atoms with van der Waals surface area (Å²) >= 11 is 0. The molecule has 0 fully saturated rings. The minimum Gasteiger partial charge on any atom is -0.497 e. The van der Waals surface area contributed by atoms with Crippen LogP contribution in [0.15, 0.2) is 30.5 Å². The standard InChI is InChI=1S/C13H17N3O2/c1-4-16-6-5-13(15-16)14-10-7-11(17-2)9-12(8-10)18-3/h5-9H,4H2,1-3H3,(H,14,15). The molecule has 2 aromatic rings. The van der Waals surface area contributed by atoms with Gasteiger partial charge in [0.05, 0.1) is 14.2 Å². The lowest BCUT2D eigenvalue weighted by molar-refractivity contribution is 0.395. The maximum atomic E-state index is 5.22. The molecule has 0 spiro atoms. The largest absolute Gasteiger partial charge is 0.497 e. The molecule has 0 amide bonds. The molecule has 1 aromatic carbocycles. The second kappa shape index (κ2) is 5.44. The van der Waals surface area contributed by atoms with E-state index in [1.54, 1.807) is 14.2 Å². The lowest BCUT2D eigenvalue weighted by Crippen LogP contribution is -1.97. The Balaban J connectivity index is 2.22. The van der Waals surface area contributed by atoms with Gasteiger partial charge in [-0.05, 0) is 6.92 Å². The van der Waals surface area contributed by atoms with Gasteiger partial charge in [-0.3, -0.25) is 4.68 Å². The zero-order valence-corrected chi connectivity index (χ0v) is 10.8. The van der Waals surface area contributed by atoms with Crippen LogP contribution in [0.5, 0.6) is 11.5 Å². The molecule has 96 valence electrons. The number of methoxy groups -OCH3 is 2. The van der Waals surface area contributed by atoms with Crippen LogP contribution in [0, 0.1) is 0 Å². The molecule has 0 aliphatic carbocycles. The van der Waals surface area contributed by atoms with Crippen LogP contribution in [0.1, 0.15) is 6.92 Å². The Morgan fingerprint density at radius 2 is 1.83 bits per heavy atom. The summed E-state index contributed by atoms with van der Waals surface area (Å²) in [4.78, 5) is 0. The predicted molar refractivity (Wildman–Crippen MR) is 70.7 cm³/mol. The van der Waals surface area contributed by atoms with Gasteiger partial charge in [-0.1, -0.05) is 0 Å². The maximum absolute atomic E-state index is 5.22. The molecule has 5 nitrogen and oxygen atoms in total. The SMILES string of the molecule is CCn1ccc(Nc2cc(OC)cc(OC)c2)n1. The lowest BCUT2D eigenvalue weighted by Gasteiger charge is -2.09. The third-order valence-corrected chi connectivity index (χ3v) is 2.59. The Labute approximate surface area is 106 Å². The first kappa shape index (κ1) is 12.3. The zero-order chi connectivity index (χ0) is 13.0. The van der Waals surface area contributed by atoms with Gasteiger partial charge in [0.2, 0.25) is 0 Å². The first-order chi connectivity index (χ1) is 8.75. The Morgan fingerprint density at radius 3 is 2.33 bits per heavy atom. The number of rotatable bonds is 5. The zero-order valence-electron chi connectivity index (χ0n) is 10.8. The number of aromatic nitrogens is 2. The van der Waals surface area contributed by atoms with Crippen LogP contribution in [0.25, 0.3) is 0 Å². The van der Waals surface area contributed by atoms with E-state index in [0.717, 1.165) is 29.5 Å². The summed E-state index contributed by atoms with van der Waals surface area (Å²) in [7, 11) is 3.26. The molecule has 0 saturated carbocycles. The number of ether oxygens (including phenoxy) is 2. The van der Waals surface area contributed by atoms with Crippen LogP contribution in [-0.2, 0) is 6.54 Å². The van der Waals surface area contributed by atoms with Crippen molar-refractivity contribution in [3.05, 3.63) is 30.5 Å². The molecule has 2 rings (SSSR count). The quantitative estimate of drug-likeness (QED) is 0.882. The second-order valence-corrected chi connectivity index (χ2v) is 3.78. The minimum absolute atomic E-state index is 0.742. The van der Waals surface area contributed by atoms with E-state index in [1.807, 2.05) is 42.1 Å². The van der Waals surface area contributed by atoms with Crippen molar-refractivity contribution in [2.45, 2.75) is 13.5 Å². The van der Waals surface area contributed by atoms with Crippen LogP contribution in [0.2, 0.25) is 0 Å². The van der Waals surface area contributed by atoms with Crippen molar-refractivity contribution in [1.29, 1.82) is 0 Å². The highest BCUT2D eigenvalue weighted by Crippen LogP contribution is 2.27. The molecule has 0 aliphatic heterocycles. The summed E-state index contributed by atoms with van der Waals surface area (Å²) in [5.41, 5.74) is 0.882. The molecule has 0 saturated heterocycles. The van der Waals surface area contributed by atoms with Gasteiger partial charge >= 0.3 is 0 Å². The monoisotopic (exact) mass is 247 g/mol. The molecule has 0 radical (unpaired) electrons. The predicted octanol–water partition coefficient (Wildman–Crippen LogP) is 2.66. The number of hydrogen-bond acceptors (Lipinski definition) is 4. The molecule has 0 atom stereocenters. The van der Waals surface area contributed by atoms with Crippen LogP contribution >= 0.6 is 0 Å². The molecule has 1 heterocycles. The highest BCUT2D eigenvalue weighted by molar-refractivity contribution is 5.60. The minimum atomic E-state index is 0.742. The Bertz CT molecular complexity index is 500. The maximum Gasteiger partial charge on any atom is 0.152 e. The van der Waals surface area contributed by atoms with Crippen molar-refractivity contribution < 1.29 is 9.47 Å². The average molecular weight is 247 g/mol. The number of hydrogen-bond donors (Lipinski definition) is 1. The third-order valence-electron chi connectivity index (χ3n) is 2.59. The molecular formula is C13H17N3O2. The Hall–Kier alpha value is -2.17. The van der Waals surface area contributed by atoms with Gasteiger partial charge in [0.25, 0.3) is 0 Å². The van der Waals surface area contributed by atoms with Gasteiger partial charge in [0.1, 0.15) is 11.5 Å². The van der Waals surface area contributed by atoms with E-state index in [0.29, 0.717) is 0 Å². The Morgan fingerprint density at radius 1 is 1.17 bits per heavy atom. The molecule has 1 aromatic heterocycles. The fourth-order valence-electron chi connectivity index (χ4n) is 1.63. The van der Waals surface area contributed by atoms with Gasteiger partial charge < -0.3 is 14.8 Å². The van der Waals surface area contributed by atoms with E-state index in [9.17, 15) is 0 Å². The van der Waals surface area contributed by atoms with Crippen molar-refractivity contribution in [1.82, 2.24) is 9.78 Å². The van der Waals surface area contributed by atoms with E-state index in [-0.39, 0.29) is 0 Å². The van der Waals surface area contributed by atoms with Gasteiger partial charge in [0, 0.05) is 42.7 Å². The molecule has 1 N–H and O–H groups in total. The van der Waals surface area contributed by atoms with Crippen molar-refractivity contribution in [3.63, 3.8) is 0 Å². The van der Waals surface area contributed by atoms with E-state index in [2.05, 4.69) is 10.4 Å². The second-order valence-electron chi connectivity index (χ2n) is 3.78. The van der Waals surface area contributed by atoms with Crippen molar-refractivity contribution in [2.24, 2.45) is 0 Å². The number of nitrogens with one attached hydrogen (secondary N) is 1. The summed E-state index contributed by atoms with van der Waals surface area (Å²) in [5, 5.41) is 7.58. The number of nitrogens with zero attached hydrogens (tertiary/aromatic N) is 2. The third kappa shape index (κ3) is 2.74. The van der Waals surface area contributed by atoms with Crippen LogP contribution < -0.4 is 14.8 Å². The number of anilines is 2. The molecule has 5 heteroatoms. The Kier molecular flexibility index (Phi) is 3.72. The van der Waals surface area contributed by atoms with E-state index in [1.165, 1.54) is 0 Å². The van der Waals surface area contributed by atoms with Crippen molar-refractivity contribution in [2.75, 3.05) is 19.5 Å². The summed E-state index contributed by atoms with van der Waals surface area (Å²) in [5.74, 6) is 2.28. The number of aryl methyl sites for hydroxylation is 1. The van der Waals surface area contributed by atoms with Gasteiger partial charge in [0.15, 0.2) is 5.82 Å². The van der Waals surface area contributed by atoms with Crippen LogP contribution in [0.3, 0.4) is 0 Å². The van der Waals surface area contributed by atoms with Crippen LogP contribution in [0.4, 0.5) is 11.5 Å². The fraction of sp³-hybridized carbons (Fsp3) is 0.308. The van der Waals surface area contributed by atoms with Crippen molar-refractivity contribution >= 4 is 11.5 Å². The molecule has 0 unspecified atom stereocenters. The normalized spacial score (nSPS) is 10.2. The summed E-state index contributed by atoms with van der Waals surface area (Å²) < 4.78 is 12.3. The van der Waals surface area contributed by atoms with Crippen LogP contribution in [-0.4, -0.2) is 24.0 Å².